The van der Waals surface area contributed by atoms with E-state index in [2.05, 4.69) is 12.3 Å². The van der Waals surface area contributed by atoms with E-state index in [1.165, 1.54) is 25.7 Å². The number of rotatable bonds is 2. The lowest BCUT2D eigenvalue weighted by atomic mass is 9.83. The molecular formula is C8H20Cl2N2. The van der Waals surface area contributed by atoms with E-state index in [4.69, 9.17) is 5.84 Å². The summed E-state index contributed by atoms with van der Waals surface area (Å²) in [5.74, 6) is 7.05. The highest BCUT2D eigenvalue weighted by molar-refractivity contribution is 5.85. The predicted molar refractivity (Wildman–Crippen MR) is 57.8 cm³/mol. The van der Waals surface area contributed by atoms with Crippen LogP contribution in [0.3, 0.4) is 0 Å². The number of nitrogens with one attached hydrogen (secondary N) is 1. The van der Waals surface area contributed by atoms with Crippen LogP contribution < -0.4 is 11.3 Å². The summed E-state index contributed by atoms with van der Waals surface area (Å²) in [7, 11) is 0. The van der Waals surface area contributed by atoms with Crippen LogP contribution >= 0.6 is 24.8 Å². The quantitative estimate of drug-likeness (QED) is 0.547. The molecule has 1 fully saturated rings. The molecule has 1 aliphatic rings. The Morgan fingerprint density at radius 2 is 1.67 bits per heavy atom. The Labute approximate surface area is 87.5 Å². The fourth-order valence-electron chi connectivity index (χ4n) is 1.70. The Balaban J connectivity index is 0. The fourth-order valence-corrected chi connectivity index (χ4v) is 1.70. The standard InChI is InChI=1S/C8H18N2.2ClH/c1-7-2-4-8(5-3-7)6-10-9;;/h7-8,10H,2-6,9H2,1H3;2*1H. The molecule has 0 aromatic heterocycles. The molecule has 0 unspecified atom stereocenters. The Bertz CT molecular complexity index is 93.1. The van der Waals surface area contributed by atoms with E-state index in [9.17, 15) is 0 Å². The Hall–Kier alpha value is 0.500. The summed E-state index contributed by atoms with van der Waals surface area (Å²) < 4.78 is 0. The fraction of sp³-hybridized carbons (Fsp3) is 1.00. The van der Waals surface area contributed by atoms with Crippen molar-refractivity contribution in [2.75, 3.05) is 6.54 Å². The van der Waals surface area contributed by atoms with E-state index in [-0.39, 0.29) is 24.8 Å². The highest BCUT2D eigenvalue weighted by Gasteiger charge is 2.16. The van der Waals surface area contributed by atoms with E-state index >= 15 is 0 Å². The number of hydrazine groups is 1. The van der Waals surface area contributed by atoms with Gasteiger partial charge in [0.15, 0.2) is 0 Å². The van der Waals surface area contributed by atoms with Gasteiger partial charge in [0.05, 0.1) is 0 Å². The average Bonchev–Trinajstić information content (AvgIpc) is 1.95. The van der Waals surface area contributed by atoms with E-state index in [0.29, 0.717) is 0 Å². The normalized spacial score (nSPS) is 28.5. The van der Waals surface area contributed by atoms with Crippen LogP contribution in [0.4, 0.5) is 0 Å². The second-order valence-electron chi connectivity index (χ2n) is 3.53. The molecule has 0 amide bonds. The number of nitrogens with two attached hydrogens (primary N) is 1. The molecule has 0 aromatic carbocycles. The largest absolute Gasteiger partial charge is 0.271 e. The predicted octanol–water partition coefficient (Wildman–Crippen LogP) is 2.12. The van der Waals surface area contributed by atoms with Gasteiger partial charge < -0.3 is 0 Å². The van der Waals surface area contributed by atoms with E-state index < -0.39 is 0 Å². The van der Waals surface area contributed by atoms with Gasteiger partial charge in [-0.05, 0) is 24.7 Å². The maximum atomic E-state index is 5.24. The van der Waals surface area contributed by atoms with Crippen LogP contribution in [0, 0.1) is 11.8 Å². The van der Waals surface area contributed by atoms with Crippen molar-refractivity contribution in [3.05, 3.63) is 0 Å². The molecule has 1 aliphatic carbocycles. The Morgan fingerprint density at radius 1 is 1.17 bits per heavy atom. The van der Waals surface area contributed by atoms with Crippen LogP contribution in [0.2, 0.25) is 0 Å². The van der Waals surface area contributed by atoms with Gasteiger partial charge in [-0.1, -0.05) is 19.8 Å². The summed E-state index contributed by atoms with van der Waals surface area (Å²) in [6.07, 6.45) is 5.52. The molecule has 1 saturated carbocycles. The second kappa shape index (κ2) is 8.11. The van der Waals surface area contributed by atoms with Crippen LogP contribution in [0.1, 0.15) is 32.6 Å². The minimum absolute atomic E-state index is 0. The van der Waals surface area contributed by atoms with Gasteiger partial charge in [-0.2, -0.15) is 0 Å². The molecular weight excluding hydrogens is 195 g/mol. The molecule has 4 heteroatoms. The first-order valence-electron chi connectivity index (χ1n) is 4.26. The lowest BCUT2D eigenvalue weighted by molar-refractivity contribution is 0.283. The average molecular weight is 215 g/mol. The summed E-state index contributed by atoms with van der Waals surface area (Å²) >= 11 is 0. The van der Waals surface area contributed by atoms with Gasteiger partial charge in [0, 0.05) is 6.54 Å². The zero-order valence-electron chi connectivity index (χ0n) is 7.58. The van der Waals surface area contributed by atoms with E-state index in [0.717, 1.165) is 18.4 Å². The number of hydrogen-bond acceptors (Lipinski definition) is 2. The van der Waals surface area contributed by atoms with Gasteiger partial charge in [0.1, 0.15) is 0 Å². The molecule has 3 N–H and O–H groups in total. The minimum Gasteiger partial charge on any atom is -0.271 e. The van der Waals surface area contributed by atoms with Crippen molar-refractivity contribution < 1.29 is 0 Å². The maximum Gasteiger partial charge on any atom is 0.0126 e. The smallest absolute Gasteiger partial charge is 0.0126 e. The molecule has 0 spiro atoms. The van der Waals surface area contributed by atoms with Crippen molar-refractivity contribution in [1.29, 1.82) is 0 Å². The van der Waals surface area contributed by atoms with Gasteiger partial charge in [0.25, 0.3) is 0 Å². The lowest BCUT2D eigenvalue weighted by Crippen LogP contribution is -2.30. The molecule has 0 aliphatic heterocycles. The van der Waals surface area contributed by atoms with Crippen molar-refractivity contribution in [3.63, 3.8) is 0 Å². The molecule has 0 heterocycles. The zero-order valence-corrected chi connectivity index (χ0v) is 9.22. The van der Waals surface area contributed by atoms with Crippen molar-refractivity contribution in [3.8, 4) is 0 Å². The van der Waals surface area contributed by atoms with Crippen molar-refractivity contribution in [1.82, 2.24) is 5.43 Å². The third kappa shape index (κ3) is 5.20. The van der Waals surface area contributed by atoms with Crippen molar-refractivity contribution in [2.45, 2.75) is 32.6 Å². The number of hydrogen-bond donors (Lipinski definition) is 2. The molecule has 2 nitrogen and oxygen atoms in total. The first kappa shape index (κ1) is 15.0. The molecule has 0 atom stereocenters. The molecule has 0 aromatic rings. The maximum absolute atomic E-state index is 5.24. The highest BCUT2D eigenvalue weighted by atomic mass is 35.5. The Kier molecular flexibility index (Phi) is 10.1. The van der Waals surface area contributed by atoms with Crippen LogP contribution in [0.15, 0.2) is 0 Å². The summed E-state index contributed by atoms with van der Waals surface area (Å²) in [5, 5.41) is 0. The first-order chi connectivity index (χ1) is 4.83. The summed E-state index contributed by atoms with van der Waals surface area (Å²) in [6, 6.07) is 0. The van der Waals surface area contributed by atoms with Gasteiger partial charge in [-0.15, -0.1) is 24.8 Å². The molecule has 12 heavy (non-hydrogen) atoms. The van der Waals surface area contributed by atoms with Crippen LogP contribution in [0.5, 0.6) is 0 Å². The highest BCUT2D eigenvalue weighted by Crippen LogP contribution is 2.27. The second-order valence-corrected chi connectivity index (χ2v) is 3.53. The SMILES string of the molecule is CC1CCC(CNN)CC1.Cl.Cl. The summed E-state index contributed by atoms with van der Waals surface area (Å²) in [5.41, 5.74) is 2.75. The third-order valence-electron chi connectivity index (χ3n) is 2.54. The molecule has 0 saturated heterocycles. The molecule has 0 bridgehead atoms. The summed E-state index contributed by atoms with van der Waals surface area (Å²) in [4.78, 5) is 0. The topological polar surface area (TPSA) is 38.0 Å². The monoisotopic (exact) mass is 214 g/mol. The van der Waals surface area contributed by atoms with Crippen LogP contribution in [0.25, 0.3) is 0 Å². The Morgan fingerprint density at radius 3 is 2.08 bits per heavy atom. The van der Waals surface area contributed by atoms with Gasteiger partial charge in [-0.25, -0.2) is 0 Å². The minimum atomic E-state index is 0. The third-order valence-corrected chi connectivity index (χ3v) is 2.54. The van der Waals surface area contributed by atoms with E-state index in [1.807, 2.05) is 0 Å². The van der Waals surface area contributed by atoms with Crippen molar-refractivity contribution >= 4 is 24.8 Å². The van der Waals surface area contributed by atoms with Crippen LogP contribution in [-0.4, -0.2) is 6.54 Å². The molecule has 1 rings (SSSR count). The van der Waals surface area contributed by atoms with Crippen molar-refractivity contribution in [2.24, 2.45) is 17.7 Å². The number of halogens is 2. The van der Waals surface area contributed by atoms with Gasteiger partial charge >= 0.3 is 0 Å². The van der Waals surface area contributed by atoms with E-state index in [1.54, 1.807) is 0 Å². The lowest BCUT2D eigenvalue weighted by Gasteiger charge is -2.25. The summed E-state index contributed by atoms with van der Waals surface area (Å²) in [6.45, 7) is 3.35. The molecule has 0 radical (unpaired) electrons. The van der Waals surface area contributed by atoms with Crippen LogP contribution in [-0.2, 0) is 0 Å². The first-order valence-corrected chi connectivity index (χ1v) is 4.26. The van der Waals surface area contributed by atoms with Gasteiger partial charge in [0.2, 0.25) is 0 Å². The molecule has 76 valence electrons. The zero-order chi connectivity index (χ0) is 7.40. The van der Waals surface area contributed by atoms with Gasteiger partial charge in [-0.3, -0.25) is 11.3 Å².